The van der Waals surface area contributed by atoms with Gasteiger partial charge in [0.25, 0.3) is 0 Å². The van der Waals surface area contributed by atoms with Crippen LogP contribution in [0.4, 0.5) is 13.2 Å². The van der Waals surface area contributed by atoms with Crippen LogP contribution in [0.15, 0.2) is 0 Å². The van der Waals surface area contributed by atoms with Crippen molar-refractivity contribution in [1.82, 2.24) is 15.5 Å². The largest absolute Gasteiger partial charge is 0.401 e. The lowest BCUT2D eigenvalue weighted by molar-refractivity contribution is -0.148. The predicted molar refractivity (Wildman–Crippen MR) is 107 cm³/mol. The summed E-state index contributed by atoms with van der Waals surface area (Å²) in [4.78, 5) is 13.6. The van der Waals surface area contributed by atoms with E-state index in [2.05, 4.69) is 17.6 Å². The van der Waals surface area contributed by atoms with Crippen LogP contribution in [0.1, 0.15) is 45.4 Å². The van der Waals surface area contributed by atoms with Gasteiger partial charge in [-0.2, -0.15) is 13.2 Å². The molecule has 1 unspecified atom stereocenters. The number of halogens is 5. The fourth-order valence-electron chi connectivity index (χ4n) is 4.05. The van der Waals surface area contributed by atoms with Crippen molar-refractivity contribution < 1.29 is 18.0 Å². The molecule has 2 N–H and O–H groups in total. The van der Waals surface area contributed by atoms with E-state index in [1.54, 1.807) is 0 Å². The topological polar surface area (TPSA) is 44.4 Å². The third-order valence-corrected chi connectivity index (χ3v) is 5.68. The molecule has 0 spiro atoms. The average Bonchev–Trinajstić information content (AvgIpc) is 2.56. The second-order valence-electron chi connectivity index (χ2n) is 7.74. The van der Waals surface area contributed by atoms with Gasteiger partial charge in [-0.25, -0.2) is 0 Å². The average molecular weight is 436 g/mol. The van der Waals surface area contributed by atoms with E-state index in [1.807, 2.05) is 0 Å². The molecule has 0 aromatic carbocycles. The predicted octanol–water partition coefficient (Wildman–Crippen LogP) is 3.64. The summed E-state index contributed by atoms with van der Waals surface area (Å²) >= 11 is 0. The van der Waals surface area contributed by atoms with Crippen LogP contribution in [0.3, 0.4) is 0 Å². The van der Waals surface area contributed by atoms with Crippen LogP contribution in [0.2, 0.25) is 0 Å². The molecule has 0 aromatic heterocycles. The zero-order valence-corrected chi connectivity index (χ0v) is 17.7. The third-order valence-electron chi connectivity index (χ3n) is 5.68. The van der Waals surface area contributed by atoms with Gasteiger partial charge in [0.05, 0.1) is 6.54 Å². The molecule has 1 atom stereocenters. The number of carbonyl (C=O) groups is 1. The maximum atomic E-state index is 12.4. The van der Waals surface area contributed by atoms with E-state index in [4.69, 9.17) is 0 Å². The first kappa shape index (κ1) is 26.8. The molecule has 9 heteroatoms. The maximum Gasteiger partial charge on any atom is 0.401 e. The van der Waals surface area contributed by atoms with E-state index in [1.165, 1.54) is 4.90 Å². The standard InChI is InChI=1S/C18H32F3N3O.2ClH/c1-14(16-3-7-22-8-4-16)12-17(25)23-9-2-15-5-10-24(11-6-15)13-18(19,20)21;;/h14-16,22H,2-13H2,1H3,(H,23,25);2*1H. The molecule has 2 aliphatic rings. The number of nitrogens with one attached hydrogen (secondary N) is 2. The minimum Gasteiger partial charge on any atom is -0.356 e. The number of alkyl halides is 3. The molecule has 0 radical (unpaired) electrons. The number of hydrogen-bond donors (Lipinski definition) is 2. The van der Waals surface area contributed by atoms with Crippen molar-refractivity contribution in [1.29, 1.82) is 0 Å². The Kier molecular flexibility index (Phi) is 13.0. The number of rotatable bonds is 7. The van der Waals surface area contributed by atoms with Gasteiger partial charge < -0.3 is 10.6 Å². The molecule has 1 amide bonds. The van der Waals surface area contributed by atoms with Crippen LogP contribution in [0, 0.1) is 17.8 Å². The summed E-state index contributed by atoms with van der Waals surface area (Å²) in [6, 6.07) is 0. The quantitative estimate of drug-likeness (QED) is 0.641. The molecule has 2 aliphatic heterocycles. The molecule has 0 saturated carbocycles. The number of piperidine rings is 2. The monoisotopic (exact) mass is 435 g/mol. The number of amides is 1. The number of nitrogens with zero attached hydrogens (tertiary/aromatic N) is 1. The van der Waals surface area contributed by atoms with E-state index in [0.29, 0.717) is 43.8 Å². The van der Waals surface area contributed by atoms with Gasteiger partial charge in [0.15, 0.2) is 0 Å². The van der Waals surface area contributed by atoms with Gasteiger partial charge in [0.2, 0.25) is 5.91 Å². The van der Waals surface area contributed by atoms with Crippen LogP contribution >= 0.6 is 24.8 Å². The lowest BCUT2D eigenvalue weighted by Crippen LogP contribution is -2.40. The molecule has 2 fully saturated rings. The van der Waals surface area contributed by atoms with Crippen molar-refractivity contribution in [2.45, 2.75) is 51.6 Å². The Bertz CT molecular complexity index is 413. The van der Waals surface area contributed by atoms with Gasteiger partial charge >= 0.3 is 6.18 Å². The van der Waals surface area contributed by atoms with Gasteiger partial charge in [-0.3, -0.25) is 9.69 Å². The Morgan fingerprint density at radius 3 is 2.30 bits per heavy atom. The first-order valence-electron chi connectivity index (χ1n) is 9.60. The van der Waals surface area contributed by atoms with Crippen molar-refractivity contribution in [3.63, 3.8) is 0 Å². The van der Waals surface area contributed by atoms with Crippen LogP contribution in [-0.4, -0.2) is 56.3 Å². The first-order valence-corrected chi connectivity index (χ1v) is 9.60. The van der Waals surface area contributed by atoms with Crippen LogP contribution in [0.25, 0.3) is 0 Å². The highest BCUT2D eigenvalue weighted by Crippen LogP contribution is 2.25. The number of carbonyl (C=O) groups excluding carboxylic acids is 1. The smallest absolute Gasteiger partial charge is 0.356 e. The molecule has 2 rings (SSSR count). The van der Waals surface area contributed by atoms with E-state index < -0.39 is 12.7 Å². The van der Waals surface area contributed by atoms with E-state index >= 15 is 0 Å². The number of hydrogen-bond acceptors (Lipinski definition) is 3. The van der Waals surface area contributed by atoms with Gasteiger partial charge in [-0.15, -0.1) is 24.8 Å². The molecule has 2 saturated heterocycles. The summed E-state index contributed by atoms with van der Waals surface area (Å²) in [5, 5.41) is 6.34. The van der Waals surface area contributed by atoms with E-state index in [9.17, 15) is 18.0 Å². The highest BCUT2D eigenvalue weighted by Gasteiger charge is 2.32. The molecule has 4 nitrogen and oxygen atoms in total. The second kappa shape index (κ2) is 13.1. The lowest BCUT2D eigenvalue weighted by atomic mass is 9.84. The molecular weight excluding hydrogens is 402 g/mol. The SMILES string of the molecule is CC(CC(=O)NCCC1CCN(CC(F)(F)F)CC1)C1CCNCC1.Cl.Cl. The van der Waals surface area contributed by atoms with Crippen LogP contribution < -0.4 is 10.6 Å². The Balaban J connectivity index is 0.00000338. The summed E-state index contributed by atoms with van der Waals surface area (Å²) in [5.41, 5.74) is 0. The van der Waals surface area contributed by atoms with Crippen LogP contribution in [-0.2, 0) is 4.79 Å². The van der Waals surface area contributed by atoms with Crippen molar-refractivity contribution in [2.24, 2.45) is 17.8 Å². The Labute approximate surface area is 173 Å². The summed E-state index contributed by atoms with van der Waals surface area (Å²) in [5.74, 6) is 1.57. The molecule has 27 heavy (non-hydrogen) atoms. The maximum absolute atomic E-state index is 12.4. The zero-order valence-electron chi connectivity index (χ0n) is 16.0. The molecule has 162 valence electrons. The molecule has 0 aliphatic carbocycles. The normalized spacial score (nSPS) is 21.0. The van der Waals surface area contributed by atoms with Gasteiger partial charge in [-0.05, 0) is 76.0 Å². The first-order chi connectivity index (χ1) is 11.8. The van der Waals surface area contributed by atoms with Crippen molar-refractivity contribution in [2.75, 3.05) is 39.3 Å². The summed E-state index contributed by atoms with van der Waals surface area (Å²) < 4.78 is 37.1. The highest BCUT2D eigenvalue weighted by atomic mass is 35.5. The highest BCUT2D eigenvalue weighted by molar-refractivity contribution is 5.85. The fraction of sp³-hybridized carbons (Fsp3) is 0.944. The summed E-state index contributed by atoms with van der Waals surface area (Å²) in [6.07, 6.45) is 1.21. The van der Waals surface area contributed by atoms with Gasteiger partial charge in [0.1, 0.15) is 0 Å². The third kappa shape index (κ3) is 10.8. The number of likely N-dealkylation sites (tertiary alicyclic amines) is 1. The fourth-order valence-corrected chi connectivity index (χ4v) is 4.05. The van der Waals surface area contributed by atoms with Crippen LogP contribution in [0.5, 0.6) is 0 Å². The molecule has 0 bridgehead atoms. The van der Waals surface area contributed by atoms with Gasteiger partial charge in [-0.1, -0.05) is 6.92 Å². The molecular formula is C18H34Cl2F3N3O. The van der Waals surface area contributed by atoms with Crippen molar-refractivity contribution in [3.8, 4) is 0 Å². The Morgan fingerprint density at radius 2 is 1.74 bits per heavy atom. The Morgan fingerprint density at radius 1 is 1.15 bits per heavy atom. The second-order valence-corrected chi connectivity index (χ2v) is 7.74. The Hall–Kier alpha value is -0.240. The van der Waals surface area contributed by atoms with E-state index in [-0.39, 0.29) is 30.7 Å². The zero-order chi connectivity index (χ0) is 18.3. The minimum absolute atomic E-state index is 0. The van der Waals surface area contributed by atoms with E-state index in [0.717, 1.165) is 45.2 Å². The van der Waals surface area contributed by atoms with Gasteiger partial charge in [0, 0.05) is 13.0 Å². The minimum atomic E-state index is -4.11. The molecule has 0 aromatic rings. The summed E-state index contributed by atoms with van der Waals surface area (Å²) in [7, 11) is 0. The van der Waals surface area contributed by atoms with Crippen molar-refractivity contribution >= 4 is 30.7 Å². The summed E-state index contributed by atoms with van der Waals surface area (Å²) in [6.45, 7) is 5.10. The van der Waals surface area contributed by atoms with Crippen molar-refractivity contribution in [3.05, 3.63) is 0 Å². The lowest BCUT2D eigenvalue weighted by Gasteiger charge is -2.32. The molecule has 2 heterocycles.